The van der Waals surface area contributed by atoms with Crippen LogP contribution in [0.25, 0.3) is 11.0 Å². The number of imidazole rings is 1. The van der Waals surface area contributed by atoms with Crippen molar-refractivity contribution in [1.29, 1.82) is 0 Å². The number of rotatable bonds is 7. The predicted molar refractivity (Wildman–Crippen MR) is 143 cm³/mol. The van der Waals surface area contributed by atoms with Gasteiger partial charge >= 0.3 is 0 Å². The zero-order valence-corrected chi connectivity index (χ0v) is 21.6. The number of fused-ring (bicyclic) bond motifs is 1. The second kappa shape index (κ2) is 10.8. The number of nitrogens with zero attached hydrogens (tertiary/aromatic N) is 2. The molecule has 1 saturated heterocycles. The highest BCUT2D eigenvalue weighted by atomic mass is 35.5. The number of carbonyl (C=O) groups is 2. The van der Waals surface area contributed by atoms with Crippen LogP contribution < -0.4 is 10.1 Å². The molecule has 1 fully saturated rings. The number of amides is 2. The Morgan fingerprint density at radius 3 is 2.43 bits per heavy atom. The molecule has 9 heteroatoms. The van der Waals surface area contributed by atoms with Gasteiger partial charge in [-0.1, -0.05) is 53.4 Å². The zero-order valence-electron chi connectivity index (χ0n) is 19.2. The number of hydrogen-bond donors (Lipinski definition) is 1. The van der Waals surface area contributed by atoms with Gasteiger partial charge in [0.2, 0.25) is 5.91 Å². The fourth-order valence-corrected chi connectivity index (χ4v) is 5.48. The average Bonchev–Trinajstić information content (AvgIpc) is 3.32. The normalized spacial score (nSPS) is 15.2. The van der Waals surface area contributed by atoms with E-state index in [1.807, 2.05) is 37.4 Å². The van der Waals surface area contributed by atoms with Crippen molar-refractivity contribution in [2.24, 2.45) is 7.05 Å². The van der Waals surface area contributed by atoms with Crippen molar-refractivity contribution in [3.8, 4) is 5.75 Å². The Kier molecular flexibility index (Phi) is 7.74. The first-order valence-electron chi connectivity index (χ1n) is 10.9. The molecule has 5 rings (SSSR count). The Morgan fingerprint density at radius 2 is 1.74 bits per heavy atom. The maximum atomic E-state index is 11.8. The molecule has 1 aliphatic rings. The van der Waals surface area contributed by atoms with E-state index in [0.717, 1.165) is 39.9 Å². The summed E-state index contributed by atoms with van der Waals surface area (Å²) in [6.07, 6.45) is 0.510. The van der Waals surface area contributed by atoms with Crippen molar-refractivity contribution >= 4 is 58.1 Å². The van der Waals surface area contributed by atoms with E-state index in [1.165, 1.54) is 15.4 Å². The van der Waals surface area contributed by atoms with E-state index in [0.29, 0.717) is 13.0 Å². The van der Waals surface area contributed by atoms with Gasteiger partial charge in [-0.2, -0.15) is 0 Å². The molecule has 2 heterocycles. The Hall–Kier alpha value is -2.94. The topological polar surface area (TPSA) is 73.2 Å². The molecule has 0 aliphatic carbocycles. The Balaban J connectivity index is 0.00000289. The fourth-order valence-electron chi connectivity index (χ4n) is 3.77. The maximum Gasteiger partial charge on any atom is 0.286 e. The van der Waals surface area contributed by atoms with E-state index < -0.39 is 0 Å². The molecule has 1 unspecified atom stereocenters. The standard InChI is InChI=1S/C26H23N3O3S2.ClH/c1-16-3-9-19(10-4-16)33-20-11-12-21-22(14-20)29(2)24(27-21)15-32-18-7-5-17(6-8-18)13-23-25(30)28-26(31)34-23;/h3-12,14,23H,13,15H2,1-2H3,(H,28,30,31);1H. The second-order valence-corrected chi connectivity index (χ2v) is 10.5. The van der Waals surface area contributed by atoms with E-state index in [4.69, 9.17) is 9.72 Å². The number of nitrogens with one attached hydrogen (secondary N) is 1. The summed E-state index contributed by atoms with van der Waals surface area (Å²) < 4.78 is 8.04. The van der Waals surface area contributed by atoms with Crippen LogP contribution in [0.5, 0.6) is 5.75 Å². The molecule has 6 nitrogen and oxygen atoms in total. The van der Waals surface area contributed by atoms with Crippen molar-refractivity contribution in [2.45, 2.75) is 35.0 Å². The first-order valence-corrected chi connectivity index (χ1v) is 12.6. The second-order valence-electron chi connectivity index (χ2n) is 8.17. The minimum absolute atomic E-state index is 0. The molecular formula is C26H24ClN3O3S2. The lowest BCUT2D eigenvalue weighted by Gasteiger charge is -2.09. The Bertz CT molecular complexity index is 1370. The van der Waals surface area contributed by atoms with E-state index >= 15 is 0 Å². The van der Waals surface area contributed by atoms with Crippen LogP contribution in [0.3, 0.4) is 0 Å². The van der Waals surface area contributed by atoms with Gasteiger partial charge in [0.1, 0.15) is 18.2 Å². The van der Waals surface area contributed by atoms with Crippen LogP contribution in [-0.2, 0) is 24.9 Å². The van der Waals surface area contributed by atoms with Crippen molar-refractivity contribution < 1.29 is 14.3 Å². The van der Waals surface area contributed by atoms with Gasteiger partial charge in [0.15, 0.2) is 0 Å². The Morgan fingerprint density at radius 1 is 1.03 bits per heavy atom. The molecule has 180 valence electrons. The zero-order chi connectivity index (χ0) is 23.7. The number of aryl methyl sites for hydroxylation is 2. The van der Waals surface area contributed by atoms with Gasteiger partial charge in [0, 0.05) is 16.8 Å². The lowest BCUT2D eigenvalue weighted by Crippen LogP contribution is -2.25. The quantitative estimate of drug-likeness (QED) is 0.322. The minimum atomic E-state index is -0.367. The molecule has 3 aromatic carbocycles. The number of benzene rings is 3. The lowest BCUT2D eigenvalue weighted by atomic mass is 10.1. The van der Waals surface area contributed by atoms with Crippen molar-refractivity contribution in [3.05, 3.63) is 83.7 Å². The van der Waals surface area contributed by atoms with Crippen molar-refractivity contribution in [1.82, 2.24) is 14.9 Å². The van der Waals surface area contributed by atoms with Gasteiger partial charge in [0.05, 0.1) is 16.3 Å². The van der Waals surface area contributed by atoms with Crippen LogP contribution in [-0.4, -0.2) is 25.9 Å². The first-order chi connectivity index (χ1) is 16.4. The van der Waals surface area contributed by atoms with E-state index in [9.17, 15) is 9.59 Å². The lowest BCUT2D eigenvalue weighted by molar-refractivity contribution is -0.118. The molecule has 2 amide bonds. The number of ether oxygens (including phenoxy) is 1. The van der Waals surface area contributed by atoms with Gasteiger partial charge in [-0.25, -0.2) is 4.98 Å². The van der Waals surface area contributed by atoms with E-state index in [-0.39, 0.29) is 28.8 Å². The molecule has 0 bridgehead atoms. The Labute approximate surface area is 218 Å². The van der Waals surface area contributed by atoms with Crippen LogP contribution in [0.4, 0.5) is 4.79 Å². The molecular weight excluding hydrogens is 502 g/mol. The summed E-state index contributed by atoms with van der Waals surface area (Å²) in [4.78, 5) is 30.2. The summed E-state index contributed by atoms with van der Waals surface area (Å²) in [5.74, 6) is 1.35. The summed E-state index contributed by atoms with van der Waals surface area (Å²) in [7, 11) is 2.00. The SMILES string of the molecule is Cc1ccc(Sc2ccc3nc(COc4ccc(CC5SC(=O)NC5=O)cc4)n(C)c3c2)cc1.Cl. The number of halogens is 1. The largest absolute Gasteiger partial charge is 0.486 e. The van der Waals surface area contributed by atoms with Gasteiger partial charge in [-0.15, -0.1) is 12.4 Å². The van der Waals surface area contributed by atoms with Crippen LogP contribution in [0.2, 0.25) is 0 Å². The third-order valence-electron chi connectivity index (χ3n) is 5.68. The van der Waals surface area contributed by atoms with Gasteiger partial charge < -0.3 is 9.30 Å². The fraction of sp³-hybridized carbons (Fsp3) is 0.192. The first kappa shape index (κ1) is 25.2. The number of thioether (sulfide) groups is 1. The van der Waals surface area contributed by atoms with Crippen LogP contribution in [0.1, 0.15) is 17.0 Å². The van der Waals surface area contributed by atoms with Gasteiger partial charge in [-0.05, 0) is 61.4 Å². The summed E-state index contributed by atoms with van der Waals surface area (Å²) in [6.45, 7) is 2.44. The predicted octanol–water partition coefficient (Wildman–Crippen LogP) is 5.93. The van der Waals surface area contributed by atoms with Crippen molar-refractivity contribution in [2.75, 3.05) is 0 Å². The monoisotopic (exact) mass is 525 g/mol. The molecule has 4 aromatic rings. The highest BCUT2D eigenvalue weighted by Gasteiger charge is 2.31. The number of hydrogen-bond acceptors (Lipinski definition) is 6. The highest BCUT2D eigenvalue weighted by Crippen LogP contribution is 2.30. The molecule has 0 saturated carbocycles. The summed E-state index contributed by atoms with van der Waals surface area (Å²) in [5.41, 5.74) is 4.23. The smallest absolute Gasteiger partial charge is 0.286 e. The molecule has 0 radical (unpaired) electrons. The third kappa shape index (κ3) is 5.83. The number of carbonyl (C=O) groups excluding carboxylic acids is 2. The van der Waals surface area contributed by atoms with Gasteiger partial charge in [0.25, 0.3) is 5.24 Å². The molecule has 35 heavy (non-hydrogen) atoms. The highest BCUT2D eigenvalue weighted by molar-refractivity contribution is 8.15. The third-order valence-corrected chi connectivity index (χ3v) is 7.66. The van der Waals surface area contributed by atoms with Crippen molar-refractivity contribution in [3.63, 3.8) is 0 Å². The number of aromatic nitrogens is 2. The van der Waals surface area contributed by atoms with E-state index in [2.05, 4.69) is 53.2 Å². The molecule has 0 spiro atoms. The average molecular weight is 526 g/mol. The minimum Gasteiger partial charge on any atom is -0.486 e. The molecule has 1 N–H and O–H groups in total. The van der Waals surface area contributed by atoms with Crippen LogP contribution in [0, 0.1) is 6.92 Å². The summed E-state index contributed by atoms with van der Waals surface area (Å²) >= 11 is 2.78. The van der Waals surface area contributed by atoms with Gasteiger partial charge in [-0.3, -0.25) is 14.9 Å². The van der Waals surface area contributed by atoms with E-state index in [1.54, 1.807) is 11.8 Å². The number of imide groups is 1. The maximum absolute atomic E-state index is 11.8. The summed E-state index contributed by atoms with van der Waals surface area (Å²) in [6, 6.07) is 22.4. The molecule has 1 aromatic heterocycles. The summed E-state index contributed by atoms with van der Waals surface area (Å²) in [5, 5.41) is 1.67. The molecule has 1 aliphatic heterocycles. The van der Waals surface area contributed by atoms with Crippen LogP contribution in [0.15, 0.2) is 76.5 Å². The van der Waals surface area contributed by atoms with Crippen LogP contribution >= 0.6 is 35.9 Å². The molecule has 1 atom stereocenters.